The van der Waals surface area contributed by atoms with E-state index >= 15 is 0 Å². The molecule has 1 saturated heterocycles. The van der Waals surface area contributed by atoms with Crippen LogP contribution in [-0.2, 0) is 16.6 Å². The van der Waals surface area contributed by atoms with Crippen molar-refractivity contribution < 1.29 is 26.7 Å². The molecule has 0 amide bonds. The first-order valence-electron chi connectivity index (χ1n) is 9.91. The van der Waals surface area contributed by atoms with Crippen LogP contribution in [0.4, 0.5) is 8.78 Å². The van der Waals surface area contributed by atoms with Crippen molar-refractivity contribution in [3.63, 3.8) is 0 Å². The highest BCUT2D eigenvalue weighted by Crippen LogP contribution is 2.33. The van der Waals surface area contributed by atoms with Crippen LogP contribution >= 0.6 is 24.0 Å². The molecule has 1 atom stereocenters. The number of guanidine groups is 1. The number of alkyl halides is 2. The number of nitrogens with one attached hydrogen (secondary N) is 2. The fourth-order valence-corrected chi connectivity index (χ4v) is 4.11. The molecular weight excluding hydrogens is 545 g/mol. The Labute approximate surface area is 199 Å². The molecular formula is C19H31F2IN4O4S. The van der Waals surface area contributed by atoms with E-state index in [0.29, 0.717) is 44.3 Å². The van der Waals surface area contributed by atoms with Gasteiger partial charge in [-0.3, -0.25) is 0 Å². The van der Waals surface area contributed by atoms with Crippen LogP contribution in [0.5, 0.6) is 11.5 Å². The first kappa shape index (κ1) is 27.6. The Morgan fingerprint density at radius 2 is 2.06 bits per heavy atom. The highest BCUT2D eigenvalue weighted by atomic mass is 127. The van der Waals surface area contributed by atoms with Gasteiger partial charge in [0.05, 0.1) is 19.4 Å². The molecule has 8 nitrogen and oxygen atoms in total. The summed E-state index contributed by atoms with van der Waals surface area (Å²) < 4.78 is 60.6. The highest BCUT2D eigenvalue weighted by Gasteiger charge is 2.28. The fraction of sp³-hybridized carbons (Fsp3) is 0.632. The van der Waals surface area contributed by atoms with Gasteiger partial charge >= 0.3 is 6.61 Å². The predicted octanol–water partition coefficient (Wildman–Crippen LogP) is 2.64. The number of hydrogen-bond acceptors (Lipinski definition) is 5. The van der Waals surface area contributed by atoms with Crippen molar-refractivity contribution in [1.29, 1.82) is 0 Å². The number of halogens is 3. The summed E-state index contributed by atoms with van der Waals surface area (Å²) in [7, 11) is -3.18. The van der Waals surface area contributed by atoms with Gasteiger partial charge in [-0.25, -0.2) is 17.7 Å². The molecule has 31 heavy (non-hydrogen) atoms. The number of rotatable bonds is 10. The number of para-hydroxylation sites is 1. The van der Waals surface area contributed by atoms with E-state index in [2.05, 4.69) is 20.4 Å². The van der Waals surface area contributed by atoms with Crippen LogP contribution in [0.25, 0.3) is 0 Å². The Morgan fingerprint density at radius 1 is 1.32 bits per heavy atom. The minimum atomic E-state index is -3.18. The predicted molar refractivity (Wildman–Crippen MR) is 127 cm³/mol. The standard InChI is InChI=1S/C19H30F2N4O4S.HI/c1-4-22-19(23-11-14-9-10-25(13-14)30(3,26)27)24-12-15-7-6-8-16(28-5-2)17(15)29-18(20)21;/h6-8,14,18H,4-5,9-13H2,1-3H3,(H2,22,23,24);1H. The van der Waals surface area contributed by atoms with Crippen molar-refractivity contribution in [3.8, 4) is 11.5 Å². The van der Waals surface area contributed by atoms with Gasteiger partial charge in [-0.1, -0.05) is 12.1 Å². The highest BCUT2D eigenvalue weighted by molar-refractivity contribution is 14.0. The zero-order chi connectivity index (χ0) is 22.1. The molecule has 0 radical (unpaired) electrons. The lowest BCUT2D eigenvalue weighted by Gasteiger charge is -2.17. The van der Waals surface area contributed by atoms with Crippen LogP contribution in [-0.4, -0.2) is 64.3 Å². The van der Waals surface area contributed by atoms with Gasteiger partial charge in [-0.05, 0) is 32.3 Å². The second-order valence-electron chi connectivity index (χ2n) is 6.91. The van der Waals surface area contributed by atoms with E-state index in [1.165, 1.54) is 10.6 Å². The summed E-state index contributed by atoms with van der Waals surface area (Å²) in [6.45, 7) is 3.28. The lowest BCUT2D eigenvalue weighted by Crippen LogP contribution is -2.40. The molecule has 1 heterocycles. The van der Waals surface area contributed by atoms with Crippen molar-refractivity contribution in [2.45, 2.75) is 33.4 Å². The van der Waals surface area contributed by atoms with Crippen LogP contribution in [0.1, 0.15) is 25.8 Å². The molecule has 1 fully saturated rings. The van der Waals surface area contributed by atoms with Gasteiger partial charge in [0.25, 0.3) is 0 Å². The van der Waals surface area contributed by atoms with Crippen molar-refractivity contribution in [2.75, 3.05) is 39.0 Å². The van der Waals surface area contributed by atoms with Crippen LogP contribution in [0.15, 0.2) is 23.2 Å². The molecule has 2 N–H and O–H groups in total. The van der Waals surface area contributed by atoms with Gasteiger partial charge in [0.2, 0.25) is 10.0 Å². The topological polar surface area (TPSA) is 92.3 Å². The number of hydrogen-bond donors (Lipinski definition) is 2. The Kier molecular flexibility index (Phi) is 11.8. The van der Waals surface area contributed by atoms with Gasteiger partial charge in [0, 0.05) is 31.7 Å². The maximum atomic E-state index is 12.9. The summed E-state index contributed by atoms with van der Waals surface area (Å²) in [5.41, 5.74) is 0.475. The second-order valence-corrected chi connectivity index (χ2v) is 8.89. The van der Waals surface area contributed by atoms with E-state index in [4.69, 9.17) is 4.74 Å². The van der Waals surface area contributed by atoms with Crippen molar-refractivity contribution in [1.82, 2.24) is 14.9 Å². The summed E-state index contributed by atoms with van der Waals surface area (Å²) in [6, 6.07) is 4.94. The molecule has 1 aromatic rings. The number of nitrogens with zero attached hydrogens (tertiary/aromatic N) is 2. The van der Waals surface area contributed by atoms with Gasteiger partial charge in [0.15, 0.2) is 17.5 Å². The lowest BCUT2D eigenvalue weighted by atomic mass is 10.1. The van der Waals surface area contributed by atoms with Crippen molar-refractivity contribution >= 4 is 40.0 Å². The molecule has 1 aromatic carbocycles. The monoisotopic (exact) mass is 576 g/mol. The molecule has 0 bridgehead atoms. The molecule has 178 valence electrons. The first-order valence-corrected chi connectivity index (χ1v) is 11.8. The average molecular weight is 576 g/mol. The molecule has 0 aromatic heterocycles. The average Bonchev–Trinajstić information content (AvgIpc) is 3.15. The Balaban J connectivity index is 0.00000480. The molecule has 12 heteroatoms. The molecule has 2 rings (SSSR count). The SMILES string of the molecule is CCNC(=NCc1cccc(OCC)c1OC(F)F)NCC1CCN(S(C)(=O)=O)C1.I. The molecule has 1 aliphatic heterocycles. The Bertz CT molecular complexity index is 827. The van der Waals surface area contributed by atoms with E-state index in [1.807, 2.05) is 6.92 Å². The van der Waals surface area contributed by atoms with Gasteiger partial charge in [0.1, 0.15) is 0 Å². The maximum Gasteiger partial charge on any atom is 0.387 e. The lowest BCUT2D eigenvalue weighted by molar-refractivity contribution is -0.0520. The van der Waals surface area contributed by atoms with Crippen LogP contribution in [0, 0.1) is 5.92 Å². The largest absolute Gasteiger partial charge is 0.490 e. The zero-order valence-electron chi connectivity index (χ0n) is 17.9. The summed E-state index contributed by atoms with van der Waals surface area (Å²) in [4.78, 5) is 4.46. The third-order valence-corrected chi connectivity index (χ3v) is 5.86. The van der Waals surface area contributed by atoms with E-state index in [9.17, 15) is 17.2 Å². The normalized spacial score (nSPS) is 17.4. The number of ether oxygens (including phenoxy) is 2. The van der Waals surface area contributed by atoms with E-state index < -0.39 is 16.6 Å². The Morgan fingerprint density at radius 3 is 2.65 bits per heavy atom. The summed E-state index contributed by atoms with van der Waals surface area (Å²) >= 11 is 0. The van der Waals surface area contributed by atoms with Crippen molar-refractivity contribution in [3.05, 3.63) is 23.8 Å². The van der Waals surface area contributed by atoms with Gasteiger partial charge < -0.3 is 20.1 Å². The molecule has 0 aliphatic carbocycles. The molecule has 1 unspecified atom stereocenters. The summed E-state index contributed by atoms with van der Waals surface area (Å²) in [5.74, 6) is 0.909. The van der Waals surface area contributed by atoms with Crippen LogP contribution < -0.4 is 20.1 Å². The van der Waals surface area contributed by atoms with Crippen LogP contribution in [0.2, 0.25) is 0 Å². The Hall–Kier alpha value is -1.41. The first-order chi connectivity index (χ1) is 14.2. The van der Waals surface area contributed by atoms with Crippen LogP contribution in [0.3, 0.4) is 0 Å². The van der Waals surface area contributed by atoms with E-state index in [0.717, 1.165) is 6.42 Å². The maximum absolute atomic E-state index is 12.9. The van der Waals surface area contributed by atoms with E-state index in [-0.39, 0.29) is 47.9 Å². The minimum absolute atomic E-state index is 0. The third-order valence-electron chi connectivity index (χ3n) is 4.59. The van der Waals surface area contributed by atoms with E-state index in [1.54, 1.807) is 25.1 Å². The number of sulfonamides is 1. The fourth-order valence-electron chi connectivity index (χ4n) is 3.19. The van der Waals surface area contributed by atoms with Gasteiger partial charge in [-0.15, -0.1) is 24.0 Å². The molecule has 0 saturated carbocycles. The number of benzene rings is 1. The smallest absolute Gasteiger partial charge is 0.387 e. The van der Waals surface area contributed by atoms with Gasteiger partial charge in [-0.2, -0.15) is 8.78 Å². The minimum Gasteiger partial charge on any atom is -0.490 e. The number of aliphatic imine (C=N–C) groups is 1. The zero-order valence-corrected chi connectivity index (χ0v) is 21.1. The third kappa shape index (κ3) is 8.93. The molecule has 0 spiro atoms. The summed E-state index contributed by atoms with van der Waals surface area (Å²) in [6.07, 6.45) is 1.98. The second kappa shape index (κ2) is 13.2. The molecule has 1 aliphatic rings. The summed E-state index contributed by atoms with van der Waals surface area (Å²) in [5, 5.41) is 6.31. The quantitative estimate of drug-likeness (QED) is 0.253. The van der Waals surface area contributed by atoms with Crippen molar-refractivity contribution in [2.24, 2.45) is 10.9 Å².